The second-order valence-electron chi connectivity index (χ2n) is 7.65. The predicted molar refractivity (Wildman–Crippen MR) is 118 cm³/mol. The summed E-state index contributed by atoms with van der Waals surface area (Å²) in [6.07, 6.45) is 3.79. The van der Waals surface area contributed by atoms with Crippen LogP contribution in [0.3, 0.4) is 0 Å². The van der Waals surface area contributed by atoms with Crippen molar-refractivity contribution in [2.75, 3.05) is 18.1 Å². The predicted octanol–water partition coefficient (Wildman–Crippen LogP) is 4.41. The van der Waals surface area contributed by atoms with Crippen LogP contribution in [0, 0.1) is 5.92 Å². The smallest absolute Gasteiger partial charge is 0.270 e. The average Bonchev–Trinajstić information content (AvgIpc) is 2.76. The quantitative estimate of drug-likeness (QED) is 0.687. The number of carbonyl (C=O) groups excluding carboxylic acids is 2. The van der Waals surface area contributed by atoms with Gasteiger partial charge < -0.3 is 4.90 Å². The van der Waals surface area contributed by atoms with Crippen molar-refractivity contribution in [3.63, 3.8) is 0 Å². The Hall–Kier alpha value is -2.47. The summed E-state index contributed by atoms with van der Waals surface area (Å²) in [6.45, 7) is 1.50. The molecule has 6 heteroatoms. The molecule has 4 rings (SSSR count). The van der Waals surface area contributed by atoms with Gasteiger partial charge >= 0.3 is 0 Å². The standard InChI is InChI=1S/C23H24BrN3O2/c24-19-6-8-20(9-7-19)27-22(28)11-10-21(25-27)23(29)26-14-12-18(13-15-26)16-17-4-2-1-3-5-17/h1-9,18H,10-16H2. The Kier molecular flexibility index (Phi) is 6.09. The maximum Gasteiger partial charge on any atom is 0.270 e. The molecule has 2 aromatic rings. The van der Waals surface area contributed by atoms with Crippen LogP contribution in [0.5, 0.6) is 0 Å². The summed E-state index contributed by atoms with van der Waals surface area (Å²) in [4.78, 5) is 27.2. The summed E-state index contributed by atoms with van der Waals surface area (Å²) in [5.41, 5.74) is 2.52. The van der Waals surface area contributed by atoms with Gasteiger partial charge in [-0.3, -0.25) is 9.59 Å². The van der Waals surface area contributed by atoms with E-state index < -0.39 is 0 Å². The Balaban J connectivity index is 1.39. The van der Waals surface area contributed by atoms with Crippen molar-refractivity contribution in [2.45, 2.75) is 32.1 Å². The molecule has 2 aliphatic rings. The van der Waals surface area contributed by atoms with E-state index in [1.165, 1.54) is 10.6 Å². The Bertz CT molecular complexity index is 903. The molecule has 2 aliphatic heterocycles. The molecule has 0 saturated carbocycles. The number of benzene rings is 2. The fraction of sp³-hybridized carbons (Fsp3) is 0.348. The second-order valence-corrected chi connectivity index (χ2v) is 8.57. The number of rotatable bonds is 4. The Labute approximate surface area is 179 Å². The molecule has 0 unspecified atom stereocenters. The molecular formula is C23H24BrN3O2. The van der Waals surface area contributed by atoms with Crippen molar-refractivity contribution in [1.82, 2.24) is 4.90 Å². The molecule has 150 valence electrons. The van der Waals surface area contributed by atoms with Crippen LogP contribution in [-0.4, -0.2) is 35.5 Å². The largest absolute Gasteiger partial charge is 0.338 e. The van der Waals surface area contributed by atoms with Crippen molar-refractivity contribution >= 4 is 39.1 Å². The van der Waals surface area contributed by atoms with Gasteiger partial charge in [0.1, 0.15) is 5.71 Å². The van der Waals surface area contributed by atoms with Gasteiger partial charge in [0.05, 0.1) is 5.69 Å². The first-order chi connectivity index (χ1) is 14.1. The molecule has 29 heavy (non-hydrogen) atoms. The maximum atomic E-state index is 13.0. The Morgan fingerprint density at radius 2 is 1.69 bits per heavy atom. The number of amides is 2. The van der Waals surface area contributed by atoms with Gasteiger partial charge in [0.25, 0.3) is 5.91 Å². The van der Waals surface area contributed by atoms with Gasteiger partial charge in [0, 0.05) is 30.4 Å². The number of anilines is 1. The van der Waals surface area contributed by atoms with Gasteiger partial charge in [-0.05, 0) is 55.0 Å². The number of likely N-dealkylation sites (tertiary alicyclic amines) is 1. The molecule has 0 bridgehead atoms. The van der Waals surface area contributed by atoms with E-state index in [-0.39, 0.29) is 11.8 Å². The van der Waals surface area contributed by atoms with Gasteiger partial charge in [-0.15, -0.1) is 0 Å². The Morgan fingerprint density at radius 3 is 2.38 bits per heavy atom. The molecule has 2 aromatic carbocycles. The lowest BCUT2D eigenvalue weighted by atomic mass is 9.90. The van der Waals surface area contributed by atoms with Crippen molar-refractivity contribution < 1.29 is 9.59 Å². The lowest BCUT2D eigenvalue weighted by molar-refractivity contribution is -0.125. The SMILES string of the molecule is O=C(C1=NN(c2ccc(Br)cc2)C(=O)CC1)N1CCC(Cc2ccccc2)CC1. The molecule has 0 spiro atoms. The van der Waals surface area contributed by atoms with Gasteiger partial charge in [0.15, 0.2) is 0 Å². The number of hydrogen-bond donors (Lipinski definition) is 0. The summed E-state index contributed by atoms with van der Waals surface area (Å²) in [6, 6.07) is 17.9. The highest BCUT2D eigenvalue weighted by atomic mass is 79.9. The summed E-state index contributed by atoms with van der Waals surface area (Å²) in [5.74, 6) is 0.499. The topological polar surface area (TPSA) is 53.0 Å². The van der Waals surface area contributed by atoms with Crippen LogP contribution in [0.2, 0.25) is 0 Å². The molecule has 1 fully saturated rings. The van der Waals surface area contributed by atoms with Crippen molar-refractivity contribution in [3.8, 4) is 0 Å². The molecule has 2 amide bonds. The summed E-state index contributed by atoms with van der Waals surface area (Å²) in [7, 11) is 0. The summed E-state index contributed by atoms with van der Waals surface area (Å²) < 4.78 is 0.935. The van der Waals surface area contributed by atoms with Gasteiger partial charge in [0.2, 0.25) is 5.91 Å². The highest BCUT2D eigenvalue weighted by Crippen LogP contribution is 2.25. The van der Waals surface area contributed by atoms with Gasteiger partial charge in [-0.25, -0.2) is 5.01 Å². The molecule has 0 N–H and O–H groups in total. The number of halogens is 1. The molecule has 1 saturated heterocycles. The fourth-order valence-electron chi connectivity index (χ4n) is 3.96. The third-order valence-electron chi connectivity index (χ3n) is 5.62. The zero-order valence-electron chi connectivity index (χ0n) is 16.3. The van der Waals surface area contributed by atoms with Crippen LogP contribution >= 0.6 is 15.9 Å². The summed E-state index contributed by atoms with van der Waals surface area (Å²) in [5, 5.41) is 5.78. The van der Waals surface area contributed by atoms with E-state index in [0.717, 1.165) is 36.8 Å². The lowest BCUT2D eigenvalue weighted by Crippen LogP contribution is -2.45. The first kappa shape index (κ1) is 19.8. The molecule has 0 aliphatic carbocycles. The maximum absolute atomic E-state index is 13.0. The van der Waals surface area contributed by atoms with Gasteiger partial charge in [-0.2, -0.15) is 5.10 Å². The number of carbonyl (C=O) groups is 2. The minimum absolute atomic E-state index is 0.0298. The van der Waals surface area contributed by atoms with Crippen LogP contribution in [-0.2, 0) is 16.0 Å². The molecule has 0 aromatic heterocycles. The van der Waals surface area contributed by atoms with E-state index in [1.807, 2.05) is 35.2 Å². The van der Waals surface area contributed by atoms with E-state index in [9.17, 15) is 9.59 Å². The second kappa shape index (κ2) is 8.91. The number of piperidine rings is 1. The van der Waals surface area contributed by atoms with Crippen molar-refractivity contribution in [1.29, 1.82) is 0 Å². The number of hydrazone groups is 1. The molecular weight excluding hydrogens is 430 g/mol. The zero-order chi connectivity index (χ0) is 20.2. The van der Waals surface area contributed by atoms with E-state index in [1.54, 1.807) is 0 Å². The fourth-order valence-corrected chi connectivity index (χ4v) is 4.23. The zero-order valence-corrected chi connectivity index (χ0v) is 17.8. The number of nitrogens with zero attached hydrogens (tertiary/aromatic N) is 3. The van der Waals surface area contributed by atoms with Crippen LogP contribution in [0.25, 0.3) is 0 Å². The van der Waals surface area contributed by atoms with Crippen LogP contribution in [0.4, 0.5) is 5.69 Å². The molecule has 0 atom stereocenters. The molecule has 5 nitrogen and oxygen atoms in total. The van der Waals surface area contributed by atoms with Crippen molar-refractivity contribution in [3.05, 3.63) is 64.6 Å². The van der Waals surface area contributed by atoms with E-state index in [0.29, 0.717) is 30.2 Å². The minimum atomic E-state index is -0.0783. The molecule has 0 radical (unpaired) electrons. The lowest BCUT2D eigenvalue weighted by Gasteiger charge is -2.33. The highest BCUT2D eigenvalue weighted by molar-refractivity contribution is 9.10. The third kappa shape index (κ3) is 4.75. The highest BCUT2D eigenvalue weighted by Gasteiger charge is 2.30. The first-order valence-corrected chi connectivity index (χ1v) is 10.9. The van der Waals surface area contributed by atoms with E-state index >= 15 is 0 Å². The summed E-state index contributed by atoms with van der Waals surface area (Å²) >= 11 is 3.40. The molecule has 2 heterocycles. The van der Waals surface area contributed by atoms with Crippen molar-refractivity contribution in [2.24, 2.45) is 11.0 Å². The monoisotopic (exact) mass is 453 g/mol. The van der Waals surface area contributed by atoms with Crippen LogP contribution in [0.15, 0.2) is 64.2 Å². The van der Waals surface area contributed by atoms with Crippen LogP contribution in [0.1, 0.15) is 31.2 Å². The third-order valence-corrected chi connectivity index (χ3v) is 6.15. The average molecular weight is 454 g/mol. The van der Waals surface area contributed by atoms with Gasteiger partial charge in [-0.1, -0.05) is 46.3 Å². The van der Waals surface area contributed by atoms with E-state index in [4.69, 9.17) is 0 Å². The number of hydrogen-bond acceptors (Lipinski definition) is 3. The minimum Gasteiger partial charge on any atom is -0.338 e. The first-order valence-electron chi connectivity index (χ1n) is 10.1. The Morgan fingerprint density at radius 1 is 1.00 bits per heavy atom. The normalized spacial score (nSPS) is 18.0. The van der Waals surface area contributed by atoms with Crippen LogP contribution < -0.4 is 5.01 Å². The van der Waals surface area contributed by atoms with E-state index in [2.05, 4.69) is 45.3 Å².